The van der Waals surface area contributed by atoms with Gasteiger partial charge in [-0.2, -0.15) is 13.2 Å². The summed E-state index contributed by atoms with van der Waals surface area (Å²) in [6.07, 6.45) is 3.79. The summed E-state index contributed by atoms with van der Waals surface area (Å²) in [4.78, 5) is 43.0. The third-order valence-electron chi connectivity index (χ3n) is 6.80. The maximum atomic E-state index is 13.1. The lowest BCUT2D eigenvalue weighted by atomic mass is 10.1. The van der Waals surface area contributed by atoms with Crippen molar-refractivity contribution in [3.05, 3.63) is 70.8 Å². The minimum atomic E-state index is -4.53. The minimum absolute atomic E-state index is 0.0841. The Morgan fingerprint density at radius 1 is 0.889 bits per heavy atom. The van der Waals surface area contributed by atoms with E-state index in [9.17, 15) is 27.6 Å². The van der Waals surface area contributed by atoms with Gasteiger partial charge >= 0.3 is 24.0 Å². The quantitative estimate of drug-likeness (QED) is 0.0487. The van der Waals surface area contributed by atoms with Crippen molar-refractivity contribution in [2.45, 2.75) is 90.0 Å². The predicted octanol–water partition coefficient (Wildman–Crippen LogP) is 4.79. The Morgan fingerprint density at radius 2 is 1.47 bits per heavy atom. The van der Waals surface area contributed by atoms with Gasteiger partial charge in [-0.1, -0.05) is 75.1 Å². The number of rotatable bonds is 15. The van der Waals surface area contributed by atoms with Crippen LogP contribution in [0.15, 0.2) is 53.5 Å². The molecule has 0 spiro atoms. The molecule has 0 aliphatic carbocycles. The van der Waals surface area contributed by atoms with Crippen molar-refractivity contribution < 1.29 is 32.3 Å². The van der Waals surface area contributed by atoms with Gasteiger partial charge < -0.3 is 26.8 Å². The van der Waals surface area contributed by atoms with Crippen LogP contribution in [0.2, 0.25) is 0 Å². The van der Waals surface area contributed by atoms with Crippen LogP contribution >= 0.6 is 0 Å². The standard InChI is InChI=1S/C33H42F3N5O4/c1-2-3-4-5-6-7-8-9-11-24-13-15-25(16-14-24)22-41(23-26-17-19-27(20-18-26)33(34,35)36)29(42)31(44)45-30(43)28(37)12-10-21-40-32(38)39/h13-20,28H,2-8,10,12,21-23,37H2,1H3,(H4,38,39,40)/t28-/m0/s1. The summed E-state index contributed by atoms with van der Waals surface area (Å²) in [6, 6.07) is 10.1. The molecule has 244 valence electrons. The summed E-state index contributed by atoms with van der Waals surface area (Å²) in [7, 11) is 0. The number of carbonyl (C=O) groups excluding carboxylic acids is 3. The third-order valence-corrected chi connectivity index (χ3v) is 6.80. The van der Waals surface area contributed by atoms with Crippen LogP contribution in [0.4, 0.5) is 13.2 Å². The monoisotopic (exact) mass is 629 g/mol. The molecule has 0 heterocycles. The fraction of sp³-hybridized carbons (Fsp3) is 0.455. The zero-order chi connectivity index (χ0) is 33.2. The van der Waals surface area contributed by atoms with Crippen molar-refractivity contribution in [1.82, 2.24) is 4.90 Å². The largest absolute Gasteiger partial charge is 0.416 e. The highest BCUT2D eigenvalue weighted by Gasteiger charge is 2.31. The first kappa shape index (κ1) is 36.8. The summed E-state index contributed by atoms with van der Waals surface area (Å²) < 4.78 is 43.8. The summed E-state index contributed by atoms with van der Waals surface area (Å²) in [6.45, 7) is 2.09. The molecule has 2 aromatic carbocycles. The average molecular weight is 630 g/mol. The molecule has 2 rings (SSSR count). The van der Waals surface area contributed by atoms with Crippen LogP contribution in [0.1, 0.15) is 87.0 Å². The Kier molecular flexibility index (Phi) is 15.6. The summed E-state index contributed by atoms with van der Waals surface area (Å²) in [5.41, 5.74) is 17.2. The third kappa shape index (κ3) is 14.3. The van der Waals surface area contributed by atoms with Gasteiger partial charge in [-0.25, -0.2) is 9.59 Å². The SMILES string of the molecule is CCCCCCCCC#Cc1ccc(CN(Cc2ccc(C(F)(F)F)cc2)C(=O)C(=O)OC(=O)[C@@H](N)CCCN=C(N)N)cc1. The van der Waals surface area contributed by atoms with Crippen molar-refractivity contribution >= 4 is 23.8 Å². The molecule has 0 saturated carbocycles. The molecule has 0 radical (unpaired) electrons. The molecular formula is C33H42F3N5O4. The number of halogens is 3. The number of alkyl halides is 3. The molecule has 0 aliphatic rings. The molecule has 0 aliphatic heterocycles. The number of hydrogen-bond donors (Lipinski definition) is 3. The normalized spacial score (nSPS) is 11.6. The molecule has 45 heavy (non-hydrogen) atoms. The Bertz CT molecular complexity index is 1330. The van der Waals surface area contributed by atoms with Crippen LogP contribution in [0.5, 0.6) is 0 Å². The van der Waals surface area contributed by atoms with Crippen molar-refractivity contribution in [3.8, 4) is 11.8 Å². The Hall–Kier alpha value is -4.37. The van der Waals surface area contributed by atoms with E-state index in [1.807, 2.05) is 0 Å². The number of ether oxygens (including phenoxy) is 1. The number of benzene rings is 2. The van der Waals surface area contributed by atoms with Gasteiger partial charge in [-0.3, -0.25) is 9.79 Å². The lowest BCUT2D eigenvalue weighted by Gasteiger charge is -2.22. The van der Waals surface area contributed by atoms with E-state index >= 15 is 0 Å². The van der Waals surface area contributed by atoms with Gasteiger partial charge in [0.15, 0.2) is 5.96 Å². The van der Waals surface area contributed by atoms with Crippen molar-refractivity contribution in [2.24, 2.45) is 22.2 Å². The maximum Gasteiger partial charge on any atom is 0.416 e. The number of nitrogens with zero attached hydrogens (tertiary/aromatic N) is 2. The van der Waals surface area contributed by atoms with Crippen LogP contribution in [-0.2, 0) is 38.4 Å². The van der Waals surface area contributed by atoms with Gasteiger partial charge in [0.1, 0.15) is 6.04 Å². The zero-order valence-electron chi connectivity index (χ0n) is 25.6. The lowest BCUT2D eigenvalue weighted by molar-refractivity contribution is -0.169. The molecule has 12 heteroatoms. The van der Waals surface area contributed by atoms with Gasteiger partial charge in [-0.15, -0.1) is 0 Å². The Morgan fingerprint density at radius 3 is 2.04 bits per heavy atom. The second-order valence-corrected chi connectivity index (χ2v) is 10.6. The molecule has 0 saturated heterocycles. The first-order valence-corrected chi connectivity index (χ1v) is 15.0. The highest BCUT2D eigenvalue weighted by Crippen LogP contribution is 2.29. The molecule has 2 aromatic rings. The van der Waals surface area contributed by atoms with E-state index in [2.05, 4.69) is 23.8 Å². The van der Waals surface area contributed by atoms with Gasteiger partial charge in [0.2, 0.25) is 0 Å². The smallest absolute Gasteiger partial charge is 0.385 e. The molecule has 1 amide bonds. The molecule has 1 atom stereocenters. The Labute approximate surface area is 262 Å². The highest BCUT2D eigenvalue weighted by molar-refractivity contribution is 6.34. The molecule has 0 aromatic heterocycles. The molecule has 0 fully saturated rings. The average Bonchev–Trinajstić information content (AvgIpc) is 3.00. The van der Waals surface area contributed by atoms with E-state index in [1.54, 1.807) is 24.3 Å². The molecule has 9 nitrogen and oxygen atoms in total. The number of unbranched alkanes of at least 4 members (excludes halogenated alkanes) is 6. The van der Waals surface area contributed by atoms with E-state index in [-0.39, 0.29) is 32.0 Å². The zero-order valence-corrected chi connectivity index (χ0v) is 25.6. The second-order valence-electron chi connectivity index (χ2n) is 10.6. The van der Waals surface area contributed by atoms with Crippen molar-refractivity contribution in [3.63, 3.8) is 0 Å². The lowest BCUT2D eigenvalue weighted by Crippen LogP contribution is -2.41. The fourth-order valence-corrected chi connectivity index (χ4v) is 4.27. The van der Waals surface area contributed by atoms with Crippen LogP contribution < -0.4 is 17.2 Å². The van der Waals surface area contributed by atoms with Crippen LogP contribution in [0.3, 0.4) is 0 Å². The van der Waals surface area contributed by atoms with Gasteiger partial charge in [0, 0.05) is 31.6 Å². The highest BCUT2D eigenvalue weighted by atomic mass is 19.4. The number of amides is 1. The summed E-state index contributed by atoms with van der Waals surface area (Å²) in [5, 5.41) is 0. The van der Waals surface area contributed by atoms with Gasteiger partial charge in [-0.05, 0) is 54.7 Å². The van der Waals surface area contributed by atoms with Gasteiger partial charge in [0.25, 0.3) is 0 Å². The number of guanidine groups is 1. The fourth-order valence-electron chi connectivity index (χ4n) is 4.27. The van der Waals surface area contributed by atoms with Crippen molar-refractivity contribution in [1.29, 1.82) is 0 Å². The first-order valence-electron chi connectivity index (χ1n) is 15.0. The predicted molar refractivity (Wildman–Crippen MR) is 166 cm³/mol. The number of nitrogens with two attached hydrogens (primary N) is 3. The van der Waals surface area contributed by atoms with E-state index in [4.69, 9.17) is 21.9 Å². The van der Waals surface area contributed by atoms with Crippen molar-refractivity contribution in [2.75, 3.05) is 6.54 Å². The van der Waals surface area contributed by atoms with Crippen LogP contribution in [0.25, 0.3) is 0 Å². The van der Waals surface area contributed by atoms with Gasteiger partial charge in [0.05, 0.1) is 5.56 Å². The molecular weight excluding hydrogens is 587 g/mol. The summed E-state index contributed by atoms with van der Waals surface area (Å²) in [5.74, 6) is 2.45. The Balaban J connectivity index is 2.09. The number of carbonyl (C=O) groups is 3. The maximum absolute atomic E-state index is 13.1. The van der Waals surface area contributed by atoms with E-state index in [1.165, 1.54) is 37.8 Å². The first-order chi connectivity index (χ1) is 21.4. The molecule has 0 unspecified atom stereocenters. The summed E-state index contributed by atoms with van der Waals surface area (Å²) >= 11 is 0. The minimum Gasteiger partial charge on any atom is -0.385 e. The number of aliphatic imine (C=N–C) groups is 1. The van der Waals surface area contributed by atoms with E-state index in [0.717, 1.165) is 41.9 Å². The molecule has 0 bridgehead atoms. The van der Waals surface area contributed by atoms with Crippen LogP contribution in [-0.4, -0.2) is 41.3 Å². The number of esters is 2. The number of hydrogen-bond acceptors (Lipinski definition) is 6. The van der Waals surface area contributed by atoms with Crippen LogP contribution in [0, 0.1) is 11.8 Å². The van der Waals surface area contributed by atoms with E-state index in [0.29, 0.717) is 17.5 Å². The molecule has 6 N–H and O–H groups in total. The second kappa shape index (κ2) is 19.1. The van der Waals surface area contributed by atoms with E-state index < -0.39 is 35.6 Å². The topological polar surface area (TPSA) is 154 Å².